The predicted molar refractivity (Wildman–Crippen MR) is 15.2 cm³/mol. The normalized spacial score (nSPS) is 4.00. The Morgan fingerprint density at radius 1 is 1.20 bits per heavy atom. The van der Waals surface area contributed by atoms with Gasteiger partial charge in [-0.25, -0.2) is 0 Å². The summed E-state index contributed by atoms with van der Waals surface area (Å²) >= 11 is 0.792. The van der Waals surface area contributed by atoms with Crippen LogP contribution in [0.4, 0.5) is 0 Å². The van der Waals surface area contributed by atoms with E-state index in [1.54, 1.807) is 0 Å². The molecule has 1 radical (unpaired) electrons. The van der Waals surface area contributed by atoms with Crippen LogP contribution < -0.4 is 0 Å². The van der Waals surface area contributed by atoms with Crippen molar-refractivity contribution < 1.29 is 45.1 Å². The van der Waals surface area contributed by atoms with Crippen LogP contribution in [0.15, 0.2) is 0 Å². The Labute approximate surface area is 65.8 Å². The van der Waals surface area contributed by atoms with Crippen molar-refractivity contribution in [1.82, 2.24) is 0 Å². The maximum absolute atomic E-state index is 4.15. The van der Waals surface area contributed by atoms with Gasteiger partial charge in [0.1, 0.15) is 0 Å². The van der Waals surface area contributed by atoms with Crippen molar-refractivity contribution in [2.75, 3.05) is 0 Å². The molecule has 0 N–H and O–H groups in total. The van der Waals surface area contributed by atoms with Gasteiger partial charge in [0, 0.05) is 33.8 Å². The standard InChI is InChI=1S/Co.Fe.Ni.2S. The molecule has 0 nitrogen and oxygen atoms in total. The van der Waals surface area contributed by atoms with E-state index in [1.807, 2.05) is 0 Å². The van der Waals surface area contributed by atoms with Crippen LogP contribution in [0.5, 0.6) is 0 Å². The first-order valence-corrected chi connectivity index (χ1v) is 3.19. The van der Waals surface area contributed by atoms with E-state index in [1.165, 1.54) is 0 Å². The van der Waals surface area contributed by atoms with Gasteiger partial charge >= 0.3 is 32.6 Å². The topological polar surface area (TPSA) is 0 Å². The molecule has 0 bridgehead atoms. The van der Waals surface area contributed by atoms with Crippen molar-refractivity contribution in [3.63, 3.8) is 0 Å². The van der Waals surface area contributed by atoms with Crippen LogP contribution in [0, 0.1) is 0 Å². The minimum atomic E-state index is 0. The zero-order chi connectivity index (χ0) is 2.71. The number of hydrogen-bond acceptors (Lipinski definition) is 2. The minimum absolute atomic E-state index is 0. The van der Waals surface area contributed by atoms with Crippen LogP contribution in [0.2, 0.25) is 0 Å². The Balaban J connectivity index is -0.0000000200. The quantitative estimate of drug-likeness (QED) is 0.583. The van der Waals surface area contributed by atoms with E-state index in [9.17, 15) is 0 Å². The molecule has 5 heavy (non-hydrogen) atoms. The third kappa shape index (κ3) is 24.3. The van der Waals surface area contributed by atoms with E-state index in [0.717, 1.165) is 11.2 Å². The van der Waals surface area contributed by atoms with Gasteiger partial charge in [0.25, 0.3) is 0 Å². The maximum atomic E-state index is 4.15. The second-order valence-corrected chi connectivity index (χ2v) is 1.96. The van der Waals surface area contributed by atoms with Crippen LogP contribution in [-0.4, -0.2) is 0 Å². The molecule has 0 saturated heterocycles. The summed E-state index contributed by atoms with van der Waals surface area (Å²) in [6, 6.07) is 0. The summed E-state index contributed by atoms with van der Waals surface area (Å²) in [6.07, 6.45) is 0. The van der Waals surface area contributed by atoms with Crippen LogP contribution in [0.1, 0.15) is 0 Å². The first kappa shape index (κ1) is 15.8. The van der Waals surface area contributed by atoms with E-state index in [2.05, 4.69) is 21.3 Å². The summed E-state index contributed by atoms with van der Waals surface area (Å²) < 4.78 is 0. The Morgan fingerprint density at radius 3 is 1.20 bits per heavy atom. The van der Waals surface area contributed by atoms with Crippen molar-refractivity contribution in [2.45, 2.75) is 0 Å². The van der Waals surface area contributed by atoms with Gasteiger partial charge in [-0.2, -0.15) is 0 Å². The molecule has 0 heterocycles. The SMILES string of the molecule is [Co].[Fe].[S]=[Ni]=[S]. The first-order chi connectivity index (χ1) is 1.41. The summed E-state index contributed by atoms with van der Waals surface area (Å²) in [5.41, 5.74) is 0. The van der Waals surface area contributed by atoms with E-state index in [0.29, 0.717) is 0 Å². The molecular weight excluding hydrogens is 238 g/mol. The summed E-state index contributed by atoms with van der Waals surface area (Å²) in [4.78, 5) is 0. The van der Waals surface area contributed by atoms with Gasteiger partial charge in [0.05, 0.1) is 0 Å². The molecule has 0 aliphatic rings. The zero-order valence-electron chi connectivity index (χ0n) is 1.82. The summed E-state index contributed by atoms with van der Waals surface area (Å²) in [7, 11) is 8.29. The van der Waals surface area contributed by atoms with Gasteiger partial charge in [-0.3, -0.25) is 0 Å². The second kappa shape index (κ2) is 16.7. The fourth-order valence-electron chi connectivity index (χ4n) is 0. The Kier molecular flexibility index (Phi) is 52.8. The van der Waals surface area contributed by atoms with Gasteiger partial charge in [-0.1, -0.05) is 0 Å². The van der Waals surface area contributed by atoms with E-state index >= 15 is 0 Å². The molecule has 0 amide bonds. The number of hydrogen-bond donors (Lipinski definition) is 0. The number of rotatable bonds is 0. The Hall–Kier alpha value is 1.96. The Bertz CT molecular complexity index is 30.6. The van der Waals surface area contributed by atoms with Gasteiger partial charge in [-0.05, 0) is 0 Å². The molecule has 0 aliphatic heterocycles. The fraction of sp³-hybridized carbons (Fsp3) is 0. The third-order valence-corrected chi connectivity index (χ3v) is 0. The summed E-state index contributed by atoms with van der Waals surface area (Å²) in [5.74, 6) is 0. The summed E-state index contributed by atoms with van der Waals surface area (Å²) in [5, 5.41) is 0. The van der Waals surface area contributed by atoms with Crippen LogP contribution >= 0.6 is 21.3 Å². The first-order valence-electron chi connectivity index (χ1n) is 0.258. The van der Waals surface area contributed by atoms with E-state index in [-0.39, 0.29) is 33.8 Å². The van der Waals surface area contributed by atoms with Gasteiger partial charge in [-0.15, -0.1) is 0 Å². The molecular formula is CoFeNiS2. The predicted octanol–water partition coefficient (Wildman–Crippen LogP) is 1.29. The van der Waals surface area contributed by atoms with E-state index in [4.69, 9.17) is 0 Å². The van der Waals surface area contributed by atoms with Gasteiger partial charge in [0.15, 0.2) is 0 Å². The van der Waals surface area contributed by atoms with Crippen molar-refractivity contribution in [3.8, 4) is 0 Å². The fourth-order valence-corrected chi connectivity index (χ4v) is 0. The summed E-state index contributed by atoms with van der Waals surface area (Å²) in [6.45, 7) is 0. The van der Waals surface area contributed by atoms with Gasteiger partial charge in [0.2, 0.25) is 0 Å². The molecule has 39 valence electrons. The van der Waals surface area contributed by atoms with Gasteiger partial charge < -0.3 is 0 Å². The van der Waals surface area contributed by atoms with Crippen molar-refractivity contribution in [1.29, 1.82) is 0 Å². The van der Waals surface area contributed by atoms with Crippen molar-refractivity contribution >= 4 is 21.3 Å². The van der Waals surface area contributed by atoms with Crippen LogP contribution in [0.25, 0.3) is 0 Å². The van der Waals surface area contributed by atoms with E-state index < -0.39 is 0 Å². The Morgan fingerprint density at radius 2 is 1.20 bits per heavy atom. The third-order valence-electron chi connectivity index (χ3n) is 0. The monoisotopic (exact) mass is 237 g/mol. The molecule has 0 aromatic rings. The molecule has 0 fully saturated rings. The molecule has 0 saturated carbocycles. The molecule has 0 unspecified atom stereocenters. The van der Waals surface area contributed by atoms with Crippen LogP contribution in [-0.2, 0) is 45.1 Å². The average molecular weight is 238 g/mol. The average Bonchev–Trinajstić information content (AvgIpc) is 0.918. The van der Waals surface area contributed by atoms with Crippen molar-refractivity contribution in [3.05, 3.63) is 0 Å². The molecule has 0 aliphatic carbocycles. The molecule has 0 spiro atoms. The van der Waals surface area contributed by atoms with Crippen molar-refractivity contribution in [2.24, 2.45) is 0 Å². The molecule has 5 heteroatoms. The molecule has 0 aromatic carbocycles. The molecule has 0 atom stereocenters. The zero-order valence-corrected chi connectivity index (χ0v) is 6.59. The second-order valence-electron chi connectivity index (χ2n) is 0.0527. The van der Waals surface area contributed by atoms with Crippen LogP contribution in [0.3, 0.4) is 0 Å². The molecule has 0 aromatic heterocycles. The molecule has 0 rings (SSSR count).